The highest BCUT2D eigenvalue weighted by molar-refractivity contribution is 7.15. The molecule has 1 saturated carbocycles. The highest BCUT2D eigenvalue weighted by Crippen LogP contribution is 2.35. The van der Waals surface area contributed by atoms with Crippen LogP contribution < -0.4 is 11.1 Å². The van der Waals surface area contributed by atoms with Gasteiger partial charge in [0.2, 0.25) is 11.8 Å². The van der Waals surface area contributed by atoms with Crippen molar-refractivity contribution in [2.75, 3.05) is 5.32 Å². The Bertz CT molecular complexity index is 1040. The Hall–Kier alpha value is -3.13. The van der Waals surface area contributed by atoms with Crippen molar-refractivity contribution in [3.63, 3.8) is 0 Å². The summed E-state index contributed by atoms with van der Waals surface area (Å²) in [5.74, 6) is -0.343. The summed E-state index contributed by atoms with van der Waals surface area (Å²) in [6.45, 7) is 1.93. The van der Waals surface area contributed by atoms with Crippen molar-refractivity contribution >= 4 is 29.0 Å². The van der Waals surface area contributed by atoms with Gasteiger partial charge in [-0.1, -0.05) is 0 Å². The van der Waals surface area contributed by atoms with Crippen LogP contribution in [0.15, 0.2) is 36.9 Å². The van der Waals surface area contributed by atoms with Crippen LogP contribution in [0.4, 0.5) is 5.82 Å². The van der Waals surface area contributed by atoms with Gasteiger partial charge in [0.15, 0.2) is 0 Å². The SMILES string of the molecule is Cc1ncc(-c2cncc(-c3c(C(N)=O)ccnc3NC(=O)C3CC3)c2)s1. The summed E-state index contributed by atoms with van der Waals surface area (Å²) in [6.07, 6.45) is 8.37. The number of aromatic nitrogens is 3. The summed E-state index contributed by atoms with van der Waals surface area (Å²) >= 11 is 1.55. The number of primary amides is 1. The van der Waals surface area contributed by atoms with E-state index in [1.807, 2.05) is 13.0 Å². The molecule has 0 radical (unpaired) electrons. The Labute approximate surface area is 159 Å². The van der Waals surface area contributed by atoms with Crippen molar-refractivity contribution in [1.29, 1.82) is 0 Å². The molecular weight excluding hydrogens is 362 g/mol. The summed E-state index contributed by atoms with van der Waals surface area (Å²) in [6, 6.07) is 3.45. The van der Waals surface area contributed by atoms with Gasteiger partial charge in [0.1, 0.15) is 5.82 Å². The molecule has 3 N–H and O–H groups in total. The molecule has 4 rings (SSSR count). The quantitative estimate of drug-likeness (QED) is 0.708. The zero-order chi connectivity index (χ0) is 19.0. The van der Waals surface area contributed by atoms with Crippen LogP contribution in [0, 0.1) is 12.8 Å². The van der Waals surface area contributed by atoms with Crippen LogP contribution >= 0.6 is 11.3 Å². The number of anilines is 1. The third-order valence-corrected chi connectivity index (χ3v) is 5.30. The van der Waals surface area contributed by atoms with Crippen molar-refractivity contribution in [1.82, 2.24) is 15.0 Å². The van der Waals surface area contributed by atoms with E-state index in [-0.39, 0.29) is 17.4 Å². The molecule has 0 aromatic carbocycles. The van der Waals surface area contributed by atoms with Gasteiger partial charge < -0.3 is 11.1 Å². The van der Waals surface area contributed by atoms with E-state index in [1.54, 1.807) is 36.0 Å². The van der Waals surface area contributed by atoms with Gasteiger partial charge in [0.25, 0.3) is 0 Å². The van der Waals surface area contributed by atoms with E-state index in [0.29, 0.717) is 16.9 Å². The average molecular weight is 379 g/mol. The number of hydrogen-bond acceptors (Lipinski definition) is 6. The molecule has 0 unspecified atom stereocenters. The van der Waals surface area contributed by atoms with Gasteiger partial charge in [0, 0.05) is 47.4 Å². The number of amides is 2. The van der Waals surface area contributed by atoms with Crippen LogP contribution in [-0.2, 0) is 4.79 Å². The number of hydrogen-bond donors (Lipinski definition) is 2. The molecule has 3 aromatic heterocycles. The number of pyridine rings is 2. The second kappa shape index (κ2) is 6.88. The third-order valence-electron chi connectivity index (χ3n) is 4.34. The molecule has 8 heteroatoms. The van der Waals surface area contributed by atoms with Gasteiger partial charge in [-0.25, -0.2) is 9.97 Å². The second-order valence-corrected chi connectivity index (χ2v) is 7.65. The lowest BCUT2D eigenvalue weighted by atomic mass is 10.00. The van der Waals surface area contributed by atoms with E-state index in [4.69, 9.17) is 5.73 Å². The number of nitrogens with one attached hydrogen (secondary N) is 1. The molecule has 0 spiro atoms. The first kappa shape index (κ1) is 17.3. The number of rotatable bonds is 5. The summed E-state index contributed by atoms with van der Waals surface area (Å²) in [5, 5.41) is 3.79. The van der Waals surface area contributed by atoms with E-state index < -0.39 is 5.91 Å². The van der Waals surface area contributed by atoms with Gasteiger partial charge in [0.05, 0.1) is 15.4 Å². The molecule has 1 fully saturated rings. The summed E-state index contributed by atoms with van der Waals surface area (Å²) in [7, 11) is 0. The lowest BCUT2D eigenvalue weighted by molar-refractivity contribution is -0.117. The Balaban J connectivity index is 1.81. The second-order valence-electron chi connectivity index (χ2n) is 6.42. The predicted molar refractivity (Wildman–Crippen MR) is 103 cm³/mol. The highest BCUT2D eigenvalue weighted by Gasteiger charge is 2.31. The normalized spacial score (nSPS) is 13.4. The molecule has 0 atom stereocenters. The van der Waals surface area contributed by atoms with Crippen LogP contribution in [0.5, 0.6) is 0 Å². The standard InChI is InChI=1S/C19H17N5O2S/c1-10-23-9-15(27-10)12-6-13(8-21-7-12)16-14(17(20)25)4-5-22-18(16)24-19(26)11-2-3-11/h4-9,11H,2-3H2,1H3,(H2,20,25)(H,22,24,26). The molecule has 7 nitrogen and oxygen atoms in total. The number of aryl methyl sites for hydroxylation is 1. The fourth-order valence-corrected chi connectivity index (χ4v) is 3.58. The zero-order valence-corrected chi connectivity index (χ0v) is 15.4. The number of thiazole rings is 1. The maximum absolute atomic E-state index is 12.2. The fraction of sp³-hybridized carbons (Fsp3) is 0.211. The van der Waals surface area contributed by atoms with E-state index in [9.17, 15) is 9.59 Å². The molecule has 3 heterocycles. The van der Waals surface area contributed by atoms with Gasteiger partial charge in [-0.2, -0.15) is 0 Å². The molecule has 1 aliphatic carbocycles. The molecule has 2 amide bonds. The van der Waals surface area contributed by atoms with Gasteiger partial charge in [-0.15, -0.1) is 11.3 Å². The first-order chi connectivity index (χ1) is 13.0. The molecule has 0 bridgehead atoms. The maximum Gasteiger partial charge on any atom is 0.249 e. The van der Waals surface area contributed by atoms with Crippen LogP contribution in [0.2, 0.25) is 0 Å². The molecule has 3 aromatic rings. The topological polar surface area (TPSA) is 111 Å². The number of nitrogens with two attached hydrogens (primary N) is 1. The predicted octanol–water partition coefficient (Wildman–Crippen LogP) is 3.02. The van der Waals surface area contributed by atoms with E-state index in [0.717, 1.165) is 28.3 Å². The Morgan fingerprint density at radius 1 is 1.19 bits per heavy atom. The van der Waals surface area contributed by atoms with Crippen LogP contribution in [0.1, 0.15) is 28.2 Å². The van der Waals surface area contributed by atoms with Gasteiger partial charge >= 0.3 is 0 Å². The fourth-order valence-electron chi connectivity index (χ4n) is 2.82. The Morgan fingerprint density at radius 2 is 1.96 bits per heavy atom. The van der Waals surface area contributed by atoms with Crippen LogP contribution in [0.25, 0.3) is 21.6 Å². The average Bonchev–Trinajstić information content (AvgIpc) is 3.43. The summed E-state index contributed by atoms with van der Waals surface area (Å²) < 4.78 is 0. The minimum atomic E-state index is -0.589. The van der Waals surface area contributed by atoms with Crippen molar-refractivity contribution in [3.8, 4) is 21.6 Å². The van der Waals surface area contributed by atoms with Crippen molar-refractivity contribution < 1.29 is 9.59 Å². The number of carbonyl (C=O) groups is 2. The molecular formula is C19H17N5O2S. The molecule has 1 aliphatic rings. The molecule has 27 heavy (non-hydrogen) atoms. The molecule has 0 aliphatic heterocycles. The molecule has 136 valence electrons. The third kappa shape index (κ3) is 3.56. The van der Waals surface area contributed by atoms with Crippen LogP contribution in [0.3, 0.4) is 0 Å². The minimum absolute atomic E-state index is 0.0153. The summed E-state index contributed by atoms with van der Waals surface area (Å²) in [4.78, 5) is 38.0. The molecule has 0 saturated heterocycles. The van der Waals surface area contributed by atoms with E-state index >= 15 is 0 Å². The number of nitrogens with zero attached hydrogens (tertiary/aromatic N) is 3. The zero-order valence-electron chi connectivity index (χ0n) is 14.6. The number of carbonyl (C=O) groups excluding carboxylic acids is 2. The lowest BCUT2D eigenvalue weighted by Crippen LogP contribution is -2.18. The van der Waals surface area contributed by atoms with Crippen LogP contribution in [-0.4, -0.2) is 26.8 Å². The van der Waals surface area contributed by atoms with E-state index in [2.05, 4.69) is 20.3 Å². The van der Waals surface area contributed by atoms with Crippen molar-refractivity contribution in [2.24, 2.45) is 11.7 Å². The van der Waals surface area contributed by atoms with E-state index in [1.165, 1.54) is 6.20 Å². The van der Waals surface area contributed by atoms with Crippen molar-refractivity contribution in [3.05, 3.63) is 47.5 Å². The largest absolute Gasteiger partial charge is 0.366 e. The maximum atomic E-state index is 12.2. The van der Waals surface area contributed by atoms with Gasteiger partial charge in [-0.3, -0.25) is 14.6 Å². The van der Waals surface area contributed by atoms with Gasteiger partial charge in [-0.05, 0) is 31.9 Å². The highest BCUT2D eigenvalue weighted by atomic mass is 32.1. The minimum Gasteiger partial charge on any atom is -0.366 e. The summed E-state index contributed by atoms with van der Waals surface area (Å²) in [5.41, 5.74) is 7.87. The lowest BCUT2D eigenvalue weighted by Gasteiger charge is -2.13. The first-order valence-electron chi connectivity index (χ1n) is 8.51. The Kier molecular flexibility index (Phi) is 4.41. The van der Waals surface area contributed by atoms with Crippen molar-refractivity contribution in [2.45, 2.75) is 19.8 Å². The monoisotopic (exact) mass is 379 g/mol. The smallest absolute Gasteiger partial charge is 0.249 e. The Morgan fingerprint density at radius 3 is 2.63 bits per heavy atom. The first-order valence-corrected chi connectivity index (χ1v) is 9.32.